The number of benzene rings is 1. The molecule has 0 fully saturated rings. The third-order valence-corrected chi connectivity index (χ3v) is 2.27. The van der Waals surface area contributed by atoms with Crippen LogP contribution in [0.15, 0.2) is 18.2 Å². The topological polar surface area (TPSA) is 35.2 Å². The second kappa shape index (κ2) is 4.49. The van der Waals surface area contributed by atoms with Gasteiger partial charge in [0, 0.05) is 16.6 Å². The molecule has 0 amide bonds. The molecule has 0 spiro atoms. The Morgan fingerprint density at radius 3 is 2.77 bits per heavy atom. The molecule has 13 heavy (non-hydrogen) atoms. The lowest BCUT2D eigenvalue weighted by molar-refractivity contribution is 0.405. The van der Waals surface area contributed by atoms with E-state index in [-0.39, 0.29) is 6.04 Å². The van der Waals surface area contributed by atoms with Crippen LogP contribution in [0.3, 0.4) is 0 Å². The SMILES string of the molecule is CC[C@H](N)c1cc(Cl)ccc1OC. The van der Waals surface area contributed by atoms with E-state index in [9.17, 15) is 0 Å². The summed E-state index contributed by atoms with van der Waals surface area (Å²) in [6, 6.07) is 5.49. The maximum Gasteiger partial charge on any atom is 0.123 e. The third-order valence-electron chi connectivity index (χ3n) is 2.03. The first kappa shape index (κ1) is 10.4. The molecular weight excluding hydrogens is 186 g/mol. The Bertz CT molecular complexity index is 288. The quantitative estimate of drug-likeness (QED) is 0.813. The number of rotatable bonds is 3. The predicted molar refractivity (Wildman–Crippen MR) is 55.2 cm³/mol. The van der Waals surface area contributed by atoms with Gasteiger partial charge in [-0.1, -0.05) is 18.5 Å². The first-order valence-electron chi connectivity index (χ1n) is 4.28. The van der Waals surface area contributed by atoms with Crippen LogP contribution in [0.1, 0.15) is 24.9 Å². The fourth-order valence-corrected chi connectivity index (χ4v) is 1.40. The maximum absolute atomic E-state index is 5.90. The van der Waals surface area contributed by atoms with Gasteiger partial charge in [-0.15, -0.1) is 0 Å². The van der Waals surface area contributed by atoms with Crippen molar-refractivity contribution in [3.8, 4) is 5.75 Å². The van der Waals surface area contributed by atoms with Gasteiger partial charge in [0.05, 0.1) is 7.11 Å². The summed E-state index contributed by atoms with van der Waals surface area (Å²) in [5.74, 6) is 0.804. The number of hydrogen-bond acceptors (Lipinski definition) is 2. The fourth-order valence-electron chi connectivity index (χ4n) is 1.21. The van der Waals surface area contributed by atoms with E-state index in [2.05, 4.69) is 0 Å². The monoisotopic (exact) mass is 199 g/mol. The maximum atomic E-state index is 5.90. The fraction of sp³-hybridized carbons (Fsp3) is 0.400. The minimum absolute atomic E-state index is 0.00588. The van der Waals surface area contributed by atoms with Gasteiger partial charge in [-0.05, 0) is 24.6 Å². The van der Waals surface area contributed by atoms with Gasteiger partial charge in [0.15, 0.2) is 0 Å². The van der Waals surface area contributed by atoms with E-state index in [0.717, 1.165) is 17.7 Å². The lowest BCUT2D eigenvalue weighted by Crippen LogP contribution is -2.10. The van der Waals surface area contributed by atoms with Crippen molar-refractivity contribution in [2.24, 2.45) is 5.73 Å². The van der Waals surface area contributed by atoms with Crippen LogP contribution >= 0.6 is 11.6 Å². The van der Waals surface area contributed by atoms with E-state index >= 15 is 0 Å². The standard InChI is InChI=1S/C10H14ClNO/c1-3-9(12)8-6-7(11)4-5-10(8)13-2/h4-6,9H,3,12H2,1-2H3/t9-/m0/s1. The van der Waals surface area contributed by atoms with E-state index in [0.29, 0.717) is 5.02 Å². The molecule has 72 valence electrons. The van der Waals surface area contributed by atoms with Crippen LogP contribution in [0.2, 0.25) is 5.02 Å². The highest BCUT2D eigenvalue weighted by molar-refractivity contribution is 6.30. The Hall–Kier alpha value is -0.730. The highest BCUT2D eigenvalue weighted by atomic mass is 35.5. The second-order valence-corrected chi connectivity index (χ2v) is 3.34. The molecule has 1 atom stereocenters. The zero-order chi connectivity index (χ0) is 9.84. The van der Waals surface area contributed by atoms with Crippen molar-refractivity contribution in [3.63, 3.8) is 0 Å². The molecular formula is C10H14ClNO. The highest BCUT2D eigenvalue weighted by Crippen LogP contribution is 2.28. The molecule has 3 heteroatoms. The molecule has 1 aromatic carbocycles. The summed E-state index contributed by atoms with van der Waals surface area (Å²) in [6.45, 7) is 2.03. The van der Waals surface area contributed by atoms with Gasteiger partial charge < -0.3 is 10.5 Å². The van der Waals surface area contributed by atoms with E-state index in [1.807, 2.05) is 19.1 Å². The van der Waals surface area contributed by atoms with Crippen LogP contribution in [-0.2, 0) is 0 Å². The molecule has 0 radical (unpaired) electrons. The molecule has 0 aromatic heterocycles. The van der Waals surface area contributed by atoms with E-state index in [1.165, 1.54) is 0 Å². The van der Waals surface area contributed by atoms with Crippen LogP contribution in [0, 0.1) is 0 Å². The van der Waals surface area contributed by atoms with Crippen molar-refractivity contribution >= 4 is 11.6 Å². The number of ether oxygens (including phenoxy) is 1. The summed E-state index contributed by atoms with van der Waals surface area (Å²) in [4.78, 5) is 0. The number of halogens is 1. The lowest BCUT2D eigenvalue weighted by atomic mass is 10.0. The first-order valence-corrected chi connectivity index (χ1v) is 4.65. The average Bonchev–Trinajstić information content (AvgIpc) is 2.16. The molecule has 0 aliphatic heterocycles. The second-order valence-electron chi connectivity index (χ2n) is 2.90. The Morgan fingerprint density at radius 1 is 1.54 bits per heavy atom. The van der Waals surface area contributed by atoms with Crippen LogP contribution in [0.4, 0.5) is 0 Å². The normalized spacial score (nSPS) is 12.6. The Labute approximate surface area is 83.6 Å². The van der Waals surface area contributed by atoms with Gasteiger partial charge in [-0.25, -0.2) is 0 Å². The molecule has 0 unspecified atom stereocenters. The minimum Gasteiger partial charge on any atom is -0.496 e. The van der Waals surface area contributed by atoms with Crippen molar-refractivity contribution in [1.29, 1.82) is 0 Å². The number of hydrogen-bond donors (Lipinski definition) is 1. The van der Waals surface area contributed by atoms with Gasteiger partial charge in [0.1, 0.15) is 5.75 Å². The Morgan fingerprint density at radius 2 is 2.23 bits per heavy atom. The van der Waals surface area contributed by atoms with Crippen LogP contribution in [0.5, 0.6) is 5.75 Å². The van der Waals surface area contributed by atoms with Crippen LogP contribution in [-0.4, -0.2) is 7.11 Å². The molecule has 1 rings (SSSR count). The summed E-state index contributed by atoms with van der Waals surface area (Å²) in [5, 5.41) is 0.694. The first-order chi connectivity index (χ1) is 6.19. The average molecular weight is 200 g/mol. The van der Waals surface area contributed by atoms with Crippen molar-refractivity contribution in [2.75, 3.05) is 7.11 Å². The number of nitrogens with two attached hydrogens (primary N) is 1. The Kier molecular flexibility index (Phi) is 3.58. The number of methoxy groups -OCH3 is 1. The molecule has 0 bridgehead atoms. The molecule has 2 nitrogen and oxygen atoms in total. The van der Waals surface area contributed by atoms with Crippen molar-refractivity contribution in [1.82, 2.24) is 0 Å². The van der Waals surface area contributed by atoms with E-state index in [4.69, 9.17) is 22.1 Å². The summed E-state index contributed by atoms with van der Waals surface area (Å²) >= 11 is 5.86. The van der Waals surface area contributed by atoms with Gasteiger partial charge in [-0.3, -0.25) is 0 Å². The lowest BCUT2D eigenvalue weighted by Gasteiger charge is -2.13. The molecule has 0 saturated heterocycles. The highest BCUT2D eigenvalue weighted by Gasteiger charge is 2.09. The van der Waals surface area contributed by atoms with E-state index in [1.54, 1.807) is 13.2 Å². The molecule has 1 aromatic rings. The summed E-state index contributed by atoms with van der Waals surface area (Å²) < 4.78 is 5.18. The van der Waals surface area contributed by atoms with Crippen LogP contribution in [0.25, 0.3) is 0 Å². The largest absolute Gasteiger partial charge is 0.496 e. The van der Waals surface area contributed by atoms with Crippen molar-refractivity contribution < 1.29 is 4.74 Å². The van der Waals surface area contributed by atoms with Gasteiger partial charge in [-0.2, -0.15) is 0 Å². The molecule has 0 aliphatic rings. The van der Waals surface area contributed by atoms with Gasteiger partial charge >= 0.3 is 0 Å². The molecule has 0 aliphatic carbocycles. The van der Waals surface area contributed by atoms with Gasteiger partial charge in [0.2, 0.25) is 0 Å². The Balaban J connectivity index is 3.07. The van der Waals surface area contributed by atoms with Crippen LogP contribution < -0.4 is 10.5 Å². The molecule has 0 saturated carbocycles. The third kappa shape index (κ3) is 2.36. The van der Waals surface area contributed by atoms with Crippen molar-refractivity contribution in [2.45, 2.75) is 19.4 Å². The predicted octanol–water partition coefficient (Wildman–Crippen LogP) is 2.76. The molecule has 2 N–H and O–H groups in total. The zero-order valence-electron chi connectivity index (χ0n) is 7.88. The molecule has 0 heterocycles. The zero-order valence-corrected chi connectivity index (χ0v) is 8.64. The van der Waals surface area contributed by atoms with Gasteiger partial charge in [0.25, 0.3) is 0 Å². The van der Waals surface area contributed by atoms with E-state index < -0.39 is 0 Å². The van der Waals surface area contributed by atoms with Crippen molar-refractivity contribution in [3.05, 3.63) is 28.8 Å². The summed E-state index contributed by atoms with van der Waals surface area (Å²) in [6.07, 6.45) is 0.872. The summed E-state index contributed by atoms with van der Waals surface area (Å²) in [7, 11) is 1.63. The smallest absolute Gasteiger partial charge is 0.123 e. The summed E-state index contributed by atoms with van der Waals surface area (Å²) in [5.41, 5.74) is 6.87. The minimum atomic E-state index is -0.00588.